The van der Waals surface area contributed by atoms with Crippen molar-refractivity contribution in [3.63, 3.8) is 0 Å². The van der Waals surface area contributed by atoms with Crippen molar-refractivity contribution in [3.05, 3.63) is 24.3 Å². The third-order valence-corrected chi connectivity index (χ3v) is 5.19. The Hall–Kier alpha value is -2.28. The van der Waals surface area contributed by atoms with Crippen LogP contribution in [0.1, 0.15) is 44.9 Å². The number of amides is 4. The number of ether oxygens (including phenoxy) is 1. The second kappa shape index (κ2) is 10.2. The van der Waals surface area contributed by atoms with Crippen LogP contribution in [0.3, 0.4) is 0 Å². The summed E-state index contributed by atoms with van der Waals surface area (Å²) in [6.07, 6.45) is 8.42. The second-order valence-corrected chi connectivity index (χ2v) is 7.39. The fourth-order valence-electron chi connectivity index (χ4n) is 3.63. The molecule has 0 radical (unpaired) electrons. The maximum absolute atomic E-state index is 12.0. The van der Waals surface area contributed by atoms with Crippen LogP contribution in [-0.4, -0.2) is 37.9 Å². The van der Waals surface area contributed by atoms with E-state index in [9.17, 15) is 9.59 Å². The lowest BCUT2D eigenvalue weighted by molar-refractivity contribution is 0.112. The predicted molar refractivity (Wildman–Crippen MR) is 106 cm³/mol. The quantitative estimate of drug-likeness (QED) is 0.612. The summed E-state index contributed by atoms with van der Waals surface area (Å²) in [5.41, 5.74) is 1.37. The van der Waals surface area contributed by atoms with Gasteiger partial charge in [-0.2, -0.15) is 0 Å². The molecule has 1 aliphatic heterocycles. The van der Waals surface area contributed by atoms with Crippen molar-refractivity contribution < 1.29 is 14.3 Å². The number of nitrogens with one attached hydrogen (secondary N) is 4. The molecule has 2 aliphatic rings. The summed E-state index contributed by atoms with van der Waals surface area (Å²) in [6, 6.07) is 6.64. The molecule has 1 heterocycles. The summed E-state index contributed by atoms with van der Waals surface area (Å²) in [5, 5.41) is 11.4. The molecule has 0 aromatic heterocycles. The largest absolute Gasteiger partial charge is 0.376 e. The van der Waals surface area contributed by atoms with E-state index >= 15 is 0 Å². The molecule has 1 atom stereocenters. The van der Waals surface area contributed by atoms with Gasteiger partial charge in [-0.3, -0.25) is 0 Å². The first-order chi connectivity index (χ1) is 13.2. The van der Waals surface area contributed by atoms with Crippen LogP contribution in [0.25, 0.3) is 0 Å². The van der Waals surface area contributed by atoms with E-state index in [1.54, 1.807) is 24.3 Å². The number of carbonyl (C=O) groups is 2. The van der Waals surface area contributed by atoms with Gasteiger partial charge in [-0.05, 0) is 55.9 Å². The first kappa shape index (κ1) is 19.5. The molecule has 148 valence electrons. The number of urea groups is 2. The fraction of sp³-hybridized carbons (Fsp3) is 0.600. The van der Waals surface area contributed by atoms with Gasteiger partial charge in [0.15, 0.2) is 0 Å². The number of rotatable bonds is 6. The van der Waals surface area contributed by atoms with E-state index < -0.39 is 0 Å². The molecule has 1 aromatic carbocycles. The van der Waals surface area contributed by atoms with E-state index in [0.29, 0.717) is 23.8 Å². The fourth-order valence-corrected chi connectivity index (χ4v) is 3.63. The normalized spacial score (nSPS) is 20.1. The number of benzene rings is 1. The van der Waals surface area contributed by atoms with E-state index in [4.69, 9.17) is 4.74 Å². The summed E-state index contributed by atoms with van der Waals surface area (Å²) < 4.78 is 5.48. The lowest BCUT2D eigenvalue weighted by Crippen LogP contribution is -2.35. The molecule has 7 heteroatoms. The number of hydrogen-bond donors (Lipinski definition) is 4. The minimum Gasteiger partial charge on any atom is -0.376 e. The van der Waals surface area contributed by atoms with Gasteiger partial charge < -0.3 is 26.0 Å². The minimum atomic E-state index is -0.253. The molecule has 2 fully saturated rings. The molecule has 1 aromatic rings. The Kier molecular flexibility index (Phi) is 7.33. The lowest BCUT2D eigenvalue weighted by atomic mass is 9.89. The zero-order valence-corrected chi connectivity index (χ0v) is 15.8. The minimum absolute atomic E-state index is 0.120. The Morgan fingerprint density at radius 1 is 0.815 bits per heavy atom. The van der Waals surface area contributed by atoms with Crippen molar-refractivity contribution >= 4 is 23.4 Å². The molecule has 4 amide bonds. The van der Waals surface area contributed by atoms with Crippen LogP contribution in [0.4, 0.5) is 21.0 Å². The van der Waals surface area contributed by atoms with Gasteiger partial charge >= 0.3 is 12.1 Å². The number of anilines is 2. The monoisotopic (exact) mass is 374 g/mol. The van der Waals surface area contributed by atoms with Crippen molar-refractivity contribution in [2.24, 2.45) is 5.92 Å². The molecule has 1 unspecified atom stereocenters. The lowest BCUT2D eigenvalue weighted by Gasteiger charge is -2.21. The molecular formula is C20H30N4O3. The van der Waals surface area contributed by atoms with Gasteiger partial charge in [0.05, 0.1) is 6.10 Å². The average molecular weight is 374 g/mol. The van der Waals surface area contributed by atoms with Crippen LogP contribution in [0.15, 0.2) is 24.3 Å². The summed E-state index contributed by atoms with van der Waals surface area (Å²) in [4.78, 5) is 23.9. The number of carbonyl (C=O) groups excluding carboxylic acids is 2. The first-order valence-corrected chi connectivity index (χ1v) is 10.0. The molecule has 0 bridgehead atoms. The van der Waals surface area contributed by atoms with Crippen molar-refractivity contribution in [2.45, 2.75) is 51.0 Å². The zero-order valence-electron chi connectivity index (χ0n) is 15.8. The second-order valence-electron chi connectivity index (χ2n) is 7.39. The van der Waals surface area contributed by atoms with E-state index in [2.05, 4.69) is 21.3 Å². The van der Waals surface area contributed by atoms with Gasteiger partial charge in [0, 0.05) is 31.1 Å². The van der Waals surface area contributed by atoms with Crippen LogP contribution in [0, 0.1) is 5.92 Å². The SMILES string of the molecule is O=C(NCC1CCCCC1)Nc1ccc(NC(=O)NCC2CCCO2)cc1. The predicted octanol–water partition coefficient (Wildman–Crippen LogP) is 3.69. The standard InChI is InChI=1S/C20H30N4O3/c25-19(21-13-15-5-2-1-3-6-15)23-16-8-10-17(11-9-16)24-20(26)22-14-18-7-4-12-27-18/h8-11,15,18H,1-7,12-14H2,(H2,21,23,25)(H2,22,24,26). The summed E-state index contributed by atoms with van der Waals surface area (Å²) in [6.45, 7) is 2.03. The van der Waals surface area contributed by atoms with Gasteiger partial charge in [-0.15, -0.1) is 0 Å². The highest BCUT2D eigenvalue weighted by Gasteiger charge is 2.16. The third kappa shape index (κ3) is 6.75. The molecule has 4 N–H and O–H groups in total. The van der Waals surface area contributed by atoms with E-state index in [0.717, 1.165) is 26.0 Å². The Morgan fingerprint density at radius 2 is 1.41 bits per heavy atom. The molecule has 27 heavy (non-hydrogen) atoms. The Morgan fingerprint density at radius 3 is 1.96 bits per heavy atom. The highest BCUT2D eigenvalue weighted by atomic mass is 16.5. The Labute approximate surface area is 160 Å². The van der Waals surface area contributed by atoms with Gasteiger partial charge in [0.2, 0.25) is 0 Å². The molecule has 3 rings (SSSR count). The van der Waals surface area contributed by atoms with E-state index in [1.165, 1.54) is 32.1 Å². The Bertz CT molecular complexity index is 608. The van der Waals surface area contributed by atoms with Crippen LogP contribution in [0.5, 0.6) is 0 Å². The smallest absolute Gasteiger partial charge is 0.319 e. The maximum atomic E-state index is 12.0. The molecular weight excluding hydrogens is 344 g/mol. The Balaban J connectivity index is 1.35. The average Bonchev–Trinajstić information content (AvgIpc) is 3.21. The molecule has 1 saturated heterocycles. The molecule has 1 aliphatic carbocycles. The topological polar surface area (TPSA) is 91.5 Å². The number of hydrogen-bond acceptors (Lipinski definition) is 3. The van der Waals surface area contributed by atoms with Crippen LogP contribution in [0.2, 0.25) is 0 Å². The summed E-state index contributed by atoms with van der Waals surface area (Å²) >= 11 is 0. The third-order valence-electron chi connectivity index (χ3n) is 5.19. The van der Waals surface area contributed by atoms with Crippen LogP contribution >= 0.6 is 0 Å². The highest BCUT2D eigenvalue weighted by molar-refractivity contribution is 5.91. The van der Waals surface area contributed by atoms with Crippen LogP contribution in [-0.2, 0) is 4.74 Å². The van der Waals surface area contributed by atoms with Crippen molar-refractivity contribution in [3.8, 4) is 0 Å². The van der Waals surface area contributed by atoms with Gasteiger partial charge in [-0.25, -0.2) is 9.59 Å². The maximum Gasteiger partial charge on any atom is 0.319 e. The van der Waals surface area contributed by atoms with Crippen molar-refractivity contribution in [2.75, 3.05) is 30.3 Å². The van der Waals surface area contributed by atoms with Crippen molar-refractivity contribution in [1.29, 1.82) is 0 Å². The van der Waals surface area contributed by atoms with E-state index in [1.807, 2.05) is 0 Å². The van der Waals surface area contributed by atoms with Crippen LogP contribution < -0.4 is 21.3 Å². The highest BCUT2D eigenvalue weighted by Crippen LogP contribution is 2.22. The van der Waals surface area contributed by atoms with Gasteiger partial charge in [0.25, 0.3) is 0 Å². The molecule has 7 nitrogen and oxygen atoms in total. The van der Waals surface area contributed by atoms with Crippen molar-refractivity contribution in [1.82, 2.24) is 10.6 Å². The summed E-state index contributed by atoms with van der Waals surface area (Å²) in [5.74, 6) is 0.601. The first-order valence-electron chi connectivity index (χ1n) is 10.0. The molecule has 1 saturated carbocycles. The van der Waals surface area contributed by atoms with Gasteiger partial charge in [0.1, 0.15) is 0 Å². The van der Waals surface area contributed by atoms with Gasteiger partial charge in [-0.1, -0.05) is 19.3 Å². The zero-order chi connectivity index (χ0) is 18.9. The van der Waals surface area contributed by atoms with E-state index in [-0.39, 0.29) is 18.2 Å². The molecule has 0 spiro atoms. The summed E-state index contributed by atoms with van der Waals surface area (Å²) in [7, 11) is 0.